The van der Waals surface area contributed by atoms with E-state index in [0.29, 0.717) is 23.0 Å². The molecule has 2 aromatic carbocycles. The molecule has 0 fully saturated rings. The molecule has 0 heterocycles. The van der Waals surface area contributed by atoms with Crippen LogP contribution in [0.3, 0.4) is 0 Å². The monoisotopic (exact) mass is 320 g/mol. The van der Waals surface area contributed by atoms with Gasteiger partial charge in [0.25, 0.3) is 6.29 Å². The van der Waals surface area contributed by atoms with Crippen molar-refractivity contribution in [3.05, 3.63) is 48.5 Å². The van der Waals surface area contributed by atoms with Crippen molar-refractivity contribution < 1.29 is 29.2 Å². The van der Waals surface area contributed by atoms with E-state index in [2.05, 4.69) is 0 Å². The molecule has 1 atom stereocenters. The molecule has 0 spiro atoms. The Balaban J connectivity index is 2.23. The molecule has 0 bridgehead atoms. The lowest BCUT2D eigenvalue weighted by molar-refractivity contribution is -0.103. The number of aliphatic hydroxyl groups is 2. The second-order valence-corrected chi connectivity index (χ2v) is 4.66. The predicted octanol–water partition coefficient (Wildman–Crippen LogP) is 1.84. The van der Waals surface area contributed by atoms with Gasteiger partial charge in [0.2, 0.25) is 0 Å². The third-order valence-electron chi connectivity index (χ3n) is 3.13. The number of methoxy groups -OCH3 is 2. The first-order chi connectivity index (χ1) is 11.2. The topological polar surface area (TPSA) is 77.4 Å². The molecule has 2 N–H and O–H groups in total. The van der Waals surface area contributed by atoms with Crippen molar-refractivity contribution in [1.82, 2.24) is 0 Å². The van der Waals surface area contributed by atoms with Gasteiger partial charge in [-0.25, -0.2) is 0 Å². The van der Waals surface area contributed by atoms with E-state index >= 15 is 0 Å². The quantitative estimate of drug-likeness (QED) is 0.723. The zero-order chi connectivity index (χ0) is 16.7. The maximum atomic E-state index is 9.99. The van der Waals surface area contributed by atoms with Gasteiger partial charge < -0.3 is 29.2 Å². The molecular formula is C17H20O6. The van der Waals surface area contributed by atoms with Gasteiger partial charge in [-0.15, -0.1) is 0 Å². The van der Waals surface area contributed by atoms with Crippen LogP contribution < -0.4 is 18.9 Å². The van der Waals surface area contributed by atoms with Gasteiger partial charge in [0.1, 0.15) is 0 Å². The molecule has 0 aromatic heterocycles. The summed E-state index contributed by atoms with van der Waals surface area (Å²) in [5.74, 6) is 1.77. The van der Waals surface area contributed by atoms with Gasteiger partial charge in [-0.2, -0.15) is 0 Å². The fourth-order valence-corrected chi connectivity index (χ4v) is 1.95. The van der Waals surface area contributed by atoms with Gasteiger partial charge in [0.05, 0.1) is 20.8 Å². The summed E-state index contributed by atoms with van der Waals surface area (Å²) in [6, 6.07) is 13.9. The smallest absolute Gasteiger partial charge is 0.269 e. The molecule has 0 aliphatic carbocycles. The fraction of sp³-hybridized carbons (Fsp3) is 0.294. The molecule has 23 heavy (non-hydrogen) atoms. The van der Waals surface area contributed by atoms with Gasteiger partial charge >= 0.3 is 0 Å². The van der Waals surface area contributed by atoms with E-state index in [0.717, 1.165) is 0 Å². The molecule has 2 rings (SSSR count). The van der Waals surface area contributed by atoms with Crippen molar-refractivity contribution in [2.45, 2.75) is 12.4 Å². The van der Waals surface area contributed by atoms with Crippen LogP contribution in [-0.2, 0) is 0 Å². The number of hydrogen-bond acceptors (Lipinski definition) is 6. The second kappa shape index (κ2) is 8.26. The minimum Gasteiger partial charge on any atom is -0.493 e. The highest BCUT2D eigenvalue weighted by Gasteiger charge is 2.25. The van der Waals surface area contributed by atoms with E-state index in [1.165, 1.54) is 14.2 Å². The lowest BCUT2D eigenvalue weighted by Gasteiger charge is -2.25. The highest BCUT2D eigenvalue weighted by atomic mass is 16.7. The van der Waals surface area contributed by atoms with Gasteiger partial charge in [0, 0.05) is 0 Å². The molecular weight excluding hydrogens is 300 g/mol. The highest BCUT2D eigenvalue weighted by molar-refractivity contribution is 5.41. The van der Waals surface area contributed by atoms with E-state index in [1.807, 2.05) is 0 Å². The first kappa shape index (κ1) is 16.9. The Morgan fingerprint density at radius 2 is 1.17 bits per heavy atom. The summed E-state index contributed by atoms with van der Waals surface area (Å²) in [6.45, 7) is -0.519. The maximum Gasteiger partial charge on any atom is 0.269 e. The number of hydrogen-bond donors (Lipinski definition) is 2. The third kappa shape index (κ3) is 4.28. The van der Waals surface area contributed by atoms with Crippen molar-refractivity contribution in [3.8, 4) is 23.0 Å². The van der Waals surface area contributed by atoms with Gasteiger partial charge in [-0.05, 0) is 24.3 Å². The first-order valence-electron chi connectivity index (χ1n) is 7.08. The van der Waals surface area contributed by atoms with Crippen LogP contribution in [0.5, 0.6) is 23.0 Å². The SMILES string of the molecule is COc1ccccc1OC(Oc1ccccc1OC)C(O)CO. The normalized spacial score (nSPS) is 11.9. The third-order valence-corrected chi connectivity index (χ3v) is 3.13. The van der Waals surface area contributed by atoms with Crippen LogP contribution in [-0.4, -0.2) is 43.4 Å². The summed E-state index contributed by atoms with van der Waals surface area (Å²) in [5.41, 5.74) is 0. The molecule has 0 aliphatic rings. The predicted molar refractivity (Wildman–Crippen MR) is 84.1 cm³/mol. The number of aliphatic hydroxyl groups excluding tert-OH is 2. The Morgan fingerprint density at radius 1 is 0.783 bits per heavy atom. The standard InChI is InChI=1S/C17H20O6/c1-20-13-7-3-5-9-15(13)22-17(12(19)11-18)23-16-10-6-4-8-14(16)21-2/h3-10,12,17-19H,11H2,1-2H3. The van der Waals surface area contributed by atoms with Crippen LogP contribution in [0.15, 0.2) is 48.5 Å². The van der Waals surface area contributed by atoms with Gasteiger partial charge in [-0.1, -0.05) is 24.3 Å². The zero-order valence-electron chi connectivity index (χ0n) is 13.0. The van der Waals surface area contributed by atoms with Crippen molar-refractivity contribution in [3.63, 3.8) is 0 Å². The van der Waals surface area contributed by atoms with Crippen LogP contribution in [0.2, 0.25) is 0 Å². The van der Waals surface area contributed by atoms with E-state index < -0.39 is 19.0 Å². The van der Waals surface area contributed by atoms with Crippen molar-refractivity contribution in [2.75, 3.05) is 20.8 Å². The summed E-state index contributed by atoms with van der Waals surface area (Å²) < 4.78 is 21.8. The first-order valence-corrected chi connectivity index (χ1v) is 7.08. The largest absolute Gasteiger partial charge is 0.493 e. The summed E-state index contributed by atoms with van der Waals surface area (Å²) >= 11 is 0. The summed E-state index contributed by atoms with van der Waals surface area (Å²) in [6.07, 6.45) is -2.38. The molecule has 0 saturated carbocycles. The highest BCUT2D eigenvalue weighted by Crippen LogP contribution is 2.31. The van der Waals surface area contributed by atoms with Crippen molar-refractivity contribution in [1.29, 1.82) is 0 Å². The van der Waals surface area contributed by atoms with E-state index in [4.69, 9.17) is 18.9 Å². The van der Waals surface area contributed by atoms with Crippen LogP contribution in [0.1, 0.15) is 0 Å². The average Bonchev–Trinajstić information content (AvgIpc) is 2.61. The van der Waals surface area contributed by atoms with Crippen LogP contribution in [0.4, 0.5) is 0 Å². The molecule has 6 nitrogen and oxygen atoms in total. The molecule has 0 aliphatic heterocycles. The maximum absolute atomic E-state index is 9.99. The Bertz CT molecular complexity index is 566. The average molecular weight is 320 g/mol. The Kier molecular flexibility index (Phi) is 6.08. The van der Waals surface area contributed by atoms with Gasteiger partial charge in [0.15, 0.2) is 29.1 Å². The molecule has 1 unspecified atom stereocenters. The molecule has 0 saturated heterocycles. The molecule has 2 aromatic rings. The van der Waals surface area contributed by atoms with E-state index in [-0.39, 0.29) is 0 Å². The van der Waals surface area contributed by atoms with Gasteiger partial charge in [-0.3, -0.25) is 0 Å². The fourth-order valence-electron chi connectivity index (χ4n) is 1.95. The molecule has 0 radical (unpaired) electrons. The summed E-state index contributed by atoms with van der Waals surface area (Å²) in [7, 11) is 3.03. The van der Waals surface area contributed by atoms with E-state index in [9.17, 15) is 10.2 Å². The number of benzene rings is 2. The lowest BCUT2D eigenvalue weighted by atomic mass is 10.3. The van der Waals surface area contributed by atoms with E-state index in [1.54, 1.807) is 48.5 Å². The Morgan fingerprint density at radius 3 is 1.52 bits per heavy atom. The van der Waals surface area contributed by atoms with Crippen molar-refractivity contribution >= 4 is 0 Å². The van der Waals surface area contributed by atoms with Crippen LogP contribution in [0, 0.1) is 0 Å². The Labute approximate surface area is 134 Å². The zero-order valence-corrected chi connectivity index (χ0v) is 13.0. The summed E-state index contributed by atoms with van der Waals surface area (Å²) in [4.78, 5) is 0. The minimum atomic E-state index is -1.25. The summed E-state index contributed by atoms with van der Waals surface area (Å²) in [5, 5.41) is 19.2. The minimum absolute atomic E-state index is 0.391. The number of para-hydroxylation sites is 4. The van der Waals surface area contributed by atoms with Crippen molar-refractivity contribution in [2.24, 2.45) is 0 Å². The van der Waals surface area contributed by atoms with Crippen LogP contribution in [0.25, 0.3) is 0 Å². The molecule has 0 amide bonds. The number of ether oxygens (including phenoxy) is 4. The second-order valence-electron chi connectivity index (χ2n) is 4.66. The molecule has 6 heteroatoms. The Hall–Kier alpha value is -2.44. The van der Waals surface area contributed by atoms with Crippen LogP contribution >= 0.6 is 0 Å². The lowest BCUT2D eigenvalue weighted by Crippen LogP contribution is -2.39. The molecule has 124 valence electrons. The number of rotatable bonds is 8.